The van der Waals surface area contributed by atoms with Gasteiger partial charge in [-0.25, -0.2) is 0 Å². The minimum atomic E-state index is 0.463. The van der Waals surface area contributed by atoms with Gasteiger partial charge in [0.1, 0.15) is 0 Å². The standard InChI is InChI=1S/C18H30N2/c1-15(2)12-19-13-17(16-8-6-5-7-9-16)20-11-10-18(3,4)14-20/h5-9,15,17,19H,10-14H2,1-4H3. The van der Waals surface area contributed by atoms with E-state index in [2.05, 4.69) is 68.2 Å². The van der Waals surface area contributed by atoms with Crippen molar-refractivity contribution >= 4 is 0 Å². The molecule has 1 fully saturated rings. The quantitative estimate of drug-likeness (QED) is 0.851. The Kier molecular flexibility index (Phi) is 5.22. The summed E-state index contributed by atoms with van der Waals surface area (Å²) in [6.45, 7) is 13.9. The lowest BCUT2D eigenvalue weighted by atomic mass is 9.93. The number of hydrogen-bond acceptors (Lipinski definition) is 2. The van der Waals surface area contributed by atoms with E-state index < -0.39 is 0 Å². The van der Waals surface area contributed by atoms with Crippen molar-refractivity contribution in [1.82, 2.24) is 10.2 Å². The van der Waals surface area contributed by atoms with Crippen LogP contribution < -0.4 is 5.32 Å². The first-order valence-corrected chi connectivity index (χ1v) is 7.98. The Balaban J connectivity index is 2.05. The van der Waals surface area contributed by atoms with Crippen LogP contribution in [-0.2, 0) is 0 Å². The Morgan fingerprint density at radius 3 is 2.40 bits per heavy atom. The molecular formula is C18H30N2. The fourth-order valence-electron chi connectivity index (χ4n) is 3.06. The van der Waals surface area contributed by atoms with E-state index in [1.165, 1.54) is 25.1 Å². The molecule has 0 saturated carbocycles. The average Bonchev–Trinajstić information content (AvgIpc) is 2.75. The van der Waals surface area contributed by atoms with E-state index in [4.69, 9.17) is 0 Å². The Labute approximate surface area is 124 Å². The SMILES string of the molecule is CC(C)CNCC(c1ccccc1)N1CCC(C)(C)C1. The van der Waals surface area contributed by atoms with E-state index in [1.807, 2.05) is 0 Å². The molecule has 2 rings (SSSR count). The second kappa shape index (κ2) is 6.73. The minimum Gasteiger partial charge on any atom is -0.315 e. The molecule has 0 amide bonds. The molecule has 1 aromatic rings. The number of likely N-dealkylation sites (tertiary alicyclic amines) is 1. The molecule has 0 spiro atoms. The van der Waals surface area contributed by atoms with Crippen LogP contribution in [0.3, 0.4) is 0 Å². The molecule has 0 radical (unpaired) electrons. The number of hydrogen-bond donors (Lipinski definition) is 1. The van der Waals surface area contributed by atoms with Gasteiger partial charge in [0.05, 0.1) is 0 Å². The van der Waals surface area contributed by atoms with Gasteiger partial charge in [0.25, 0.3) is 0 Å². The molecule has 20 heavy (non-hydrogen) atoms. The van der Waals surface area contributed by atoms with Crippen molar-refractivity contribution in [2.75, 3.05) is 26.2 Å². The van der Waals surface area contributed by atoms with Gasteiger partial charge in [-0.1, -0.05) is 58.0 Å². The highest BCUT2D eigenvalue weighted by Crippen LogP contribution is 2.34. The maximum Gasteiger partial charge on any atom is 0.0472 e. The Hall–Kier alpha value is -0.860. The summed E-state index contributed by atoms with van der Waals surface area (Å²) >= 11 is 0. The van der Waals surface area contributed by atoms with Gasteiger partial charge in [-0.3, -0.25) is 4.90 Å². The number of nitrogens with one attached hydrogen (secondary N) is 1. The molecular weight excluding hydrogens is 244 g/mol. The highest BCUT2D eigenvalue weighted by Gasteiger charge is 2.33. The second-order valence-corrected chi connectivity index (χ2v) is 7.36. The highest BCUT2D eigenvalue weighted by molar-refractivity contribution is 5.20. The van der Waals surface area contributed by atoms with Crippen molar-refractivity contribution < 1.29 is 0 Å². The summed E-state index contributed by atoms with van der Waals surface area (Å²) in [4.78, 5) is 2.66. The minimum absolute atomic E-state index is 0.463. The van der Waals surface area contributed by atoms with E-state index in [-0.39, 0.29) is 0 Å². The lowest BCUT2D eigenvalue weighted by molar-refractivity contribution is 0.212. The molecule has 1 saturated heterocycles. The zero-order valence-corrected chi connectivity index (χ0v) is 13.5. The van der Waals surface area contributed by atoms with Crippen LogP contribution in [0.25, 0.3) is 0 Å². The summed E-state index contributed by atoms with van der Waals surface area (Å²) < 4.78 is 0. The van der Waals surface area contributed by atoms with E-state index in [9.17, 15) is 0 Å². The molecule has 1 aliphatic heterocycles. The predicted octanol–water partition coefficient (Wildman–Crippen LogP) is 3.71. The van der Waals surface area contributed by atoms with Gasteiger partial charge >= 0.3 is 0 Å². The first kappa shape index (κ1) is 15.5. The third kappa shape index (κ3) is 4.32. The summed E-state index contributed by atoms with van der Waals surface area (Å²) in [5.74, 6) is 0.710. The highest BCUT2D eigenvalue weighted by atomic mass is 15.2. The van der Waals surface area contributed by atoms with Gasteiger partial charge in [0.2, 0.25) is 0 Å². The fourth-order valence-corrected chi connectivity index (χ4v) is 3.06. The van der Waals surface area contributed by atoms with Gasteiger partial charge in [0, 0.05) is 19.1 Å². The molecule has 1 unspecified atom stereocenters. The maximum absolute atomic E-state index is 3.65. The molecule has 2 heteroatoms. The van der Waals surface area contributed by atoms with Gasteiger partial charge in [0.15, 0.2) is 0 Å². The van der Waals surface area contributed by atoms with Crippen molar-refractivity contribution in [2.24, 2.45) is 11.3 Å². The van der Waals surface area contributed by atoms with Crippen LogP contribution in [0.1, 0.15) is 45.7 Å². The van der Waals surface area contributed by atoms with Crippen molar-refractivity contribution in [3.05, 3.63) is 35.9 Å². The van der Waals surface area contributed by atoms with E-state index in [1.54, 1.807) is 0 Å². The van der Waals surface area contributed by atoms with E-state index in [0.29, 0.717) is 17.4 Å². The third-order valence-electron chi connectivity index (χ3n) is 4.22. The van der Waals surface area contributed by atoms with Gasteiger partial charge < -0.3 is 5.32 Å². The summed E-state index contributed by atoms with van der Waals surface area (Å²) in [5, 5.41) is 3.65. The van der Waals surface area contributed by atoms with Crippen LogP contribution in [0.5, 0.6) is 0 Å². The predicted molar refractivity (Wildman–Crippen MR) is 86.9 cm³/mol. The Morgan fingerprint density at radius 2 is 1.85 bits per heavy atom. The van der Waals surface area contributed by atoms with E-state index >= 15 is 0 Å². The normalized spacial score (nSPS) is 20.4. The summed E-state index contributed by atoms with van der Waals surface area (Å²) in [6.07, 6.45) is 1.31. The molecule has 1 aromatic carbocycles. The fraction of sp³-hybridized carbons (Fsp3) is 0.667. The zero-order valence-electron chi connectivity index (χ0n) is 13.5. The molecule has 112 valence electrons. The molecule has 1 N–H and O–H groups in total. The third-order valence-corrected chi connectivity index (χ3v) is 4.22. The molecule has 0 aliphatic carbocycles. The average molecular weight is 274 g/mol. The lowest BCUT2D eigenvalue weighted by Gasteiger charge is -2.30. The molecule has 1 aliphatic rings. The number of nitrogens with zero attached hydrogens (tertiary/aromatic N) is 1. The second-order valence-electron chi connectivity index (χ2n) is 7.36. The summed E-state index contributed by atoms with van der Waals surface area (Å²) in [5.41, 5.74) is 1.91. The zero-order chi connectivity index (χ0) is 14.6. The largest absolute Gasteiger partial charge is 0.315 e. The van der Waals surface area contributed by atoms with Crippen LogP contribution >= 0.6 is 0 Å². The first-order chi connectivity index (χ1) is 9.48. The van der Waals surface area contributed by atoms with Crippen molar-refractivity contribution in [1.29, 1.82) is 0 Å². The number of rotatable bonds is 6. The monoisotopic (exact) mass is 274 g/mol. The summed E-state index contributed by atoms with van der Waals surface area (Å²) in [6, 6.07) is 11.5. The van der Waals surface area contributed by atoms with E-state index in [0.717, 1.165) is 13.1 Å². The molecule has 1 heterocycles. The number of benzene rings is 1. The van der Waals surface area contributed by atoms with Crippen molar-refractivity contribution in [3.63, 3.8) is 0 Å². The molecule has 0 bridgehead atoms. The molecule has 2 nitrogen and oxygen atoms in total. The smallest absolute Gasteiger partial charge is 0.0472 e. The Bertz CT molecular complexity index is 397. The maximum atomic E-state index is 3.65. The van der Waals surface area contributed by atoms with Gasteiger partial charge in [-0.2, -0.15) is 0 Å². The van der Waals surface area contributed by atoms with Crippen LogP contribution in [0.2, 0.25) is 0 Å². The summed E-state index contributed by atoms with van der Waals surface area (Å²) in [7, 11) is 0. The van der Waals surface area contributed by atoms with Gasteiger partial charge in [-0.05, 0) is 36.4 Å². The lowest BCUT2D eigenvalue weighted by Crippen LogP contribution is -2.36. The van der Waals surface area contributed by atoms with Crippen LogP contribution in [-0.4, -0.2) is 31.1 Å². The Morgan fingerprint density at radius 1 is 1.15 bits per heavy atom. The van der Waals surface area contributed by atoms with Crippen LogP contribution in [0.4, 0.5) is 0 Å². The molecule has 0 aromatic heterocycles. The van der Waals surface area contributed by atoms with Crippen molar-refractivity contribution in [2.45, 2.75) is 40.2 Å². The van der Waals surface area contributed by atoms with Crippen molar-refractivity contribution in [3.8, 4) is 0 Å². The van der Waals surface area contributed by atoms with Gasteiger partial charge in [-0.15, -0.1) is 0 Å². The van der Waals surface area contributed by atoms with Crippen LogP contribution in [0.15, 0.2) is 30.3 Å². The topological polar surface area (TPSA) is 15.3 Å². The molecule has 1 atom stereocenters. The van der Waals surface area contributed by atoms with Crippen LogP contribution in [0, 0.1) is 11.3 Å². The first-order valence-electron chi connectivity index (χ1n) is 7.98.